The zero-order chi connectivity index (χ0) is 13.3. The van der Waals surface area contributed by atoms with Crippen molar-refractivity contribution in [2.45, 2.75) is 25.9 Å². The predicted octanol–water partition coefficient (Wildman–Crippen LogP) is 0.806. The van der Waals surface area contributed by atoms with Crippen molar-refractivity contribution in [3.05, 3.63) is 24.3 Å². The Morgan fingerprint density at radius 1 is 0.889 bits per heavy atom. The molecule has 4 atom stereocenters. The maximum atomic E-state index is 12.6. The van der Waals surface area contributed by atoms with Gasteiger partial charge in [-0.3, -0.25) is 9.59 Å². The van der Waals surface area contributed by atoms with Crippen LogP contribution in [0.3, 0.4) is 0 Å². The fourth-order valence-corrected chi connectivity index (χ4v) is 3.65. The third-order valence-corrected chi connectivity index (χ3v) is 4.88. The number of carbonyl (C=O) groups excluding carboxylic acids is 2. The number of hydrogen-bond donors (Lipinski definition) is 0. The minimum atomic E-state index is -0.645. The maximum Gasteiger partial charge on any atom is 0.235 e. The van der Waals surface area contributed by atoms with E-state index in [1.807, 2.05) is 38.2 Å². The molecule has 1 aliphatic carbocycles. The Bertz CT molecular complexity index is 464. The van der Waals surface area contributed by atoms with Gasteiger partial charge in [0.1, 0.15) is 0 Å². The highest BCUT2D eigenvalue weighted by Crippen LogP contribution is 2.47. The van der Waals surface area contributed by atoms with Gasteiger partial charge in [0.05, 0.1) is 22.9 Å². The molecule has 0 aromatic heterocycles. The van der Waals surface area contributed by atoms with Crippen molar-refractivity contribution < 1.29 is 9.59 Å². The van der Waals surface area contributed by atoms with E-state index in [1.165, 1.54) is 0 Å². The molecule has 0 radical (unpaired) electrons. The highest BCUT2D eigenvalue weighted by Gasteiger charge is 2.58. The minimum Gasteiger partial charge on any atom is -0.337 e. The second-order valence-corrected chi connectivity index (χ2v) is 6.01. The van der Waals surface area contributed by atoms with Crippen molar-refractivity contribution in [3.63, 3.8) is 0 Å². The van der Waals surface area contributed by atoms with Crippen molar-refractivity contribution in [2.75, 3.05) is 14.1 Å². The van der Waals surface area contributed by atoms with Crippen molar-refractivity contribution in [2.24, 2.45) is 10.8 Å². The Labute approximate surface area is 107 Å². The van der Waals surface area contributed by atoms with Crippen LogP contribution in [0.4, 0.5) is 0 Å². The lowest BCUT2D eigenvalue weighted by Crippen LogP contribution is -2.68. The van der Waals surface area contributed by atoms with Crippen LogP contribution in [-0.2, 0) is 9.59 Å². The molecule has 0 aromatic carbocycles. The third kappa shape index (κ3) is 1.02. The molecule has 4 nitrogen and oxygen atoms in total. The summed E-state index contributed by atoms with van der Waals surface area (Å²) in [5, 5.41) is 0. The van der Waals surface area contributed by atoms with Crippen LogP contribution in [0.15, 0.2) is 24.3 Å². The van der Waals surface area contributed by atoms with Crippen LogP contribution in [0.25, 0.3) is 0 Å². The van der Waals surface area contributed by atoms with Crippen molar-refractivity contribution >= 4 is 11.8 Å². The van der Waals surface area contributed by atoms with Crippen LogP contribution in [0.5, 0.6) is 0 Å². The number of amides is 2. The molecule has 0 unspecified atom stereocenters. The van der Waals surface area contributed by atoms with E-state index in [9.17, 15) is 9.59 Å². The van der Waals surface area contributed by atoms with E-state index < -0.39 is 10.8 Å². The average molecular weight is 246 g/mol. The molecule has 4 heteroatoms. The minimum absolute atomic E-state index is 0.0925. The second-order valence-electron chi connectivity index (χ2n) is 6.01. The number of nitrogens with zero attached hydrogens (tertiary/aromatic N) is 2. The summed E-state index contributed by atoms with van der Waals surface area (Å²) < 4.78 is 0. The van der Waals surface area contributed by atoms with Crippen molar-refractivity contribution in [1.29, 1.82) is 0 Å². The van der Waals surface area contributed by atoms with Crippen molar-refractivity contribution in [1.82, 2.24) is 9.80 Å². The number of hydrogen-bond acceptors (Lipinski definition) is 2. The molecule has 18 heavy (non-hydrogen) atoms. The smallest absolute Gasteiger partial charge is 0.235 e. The Kier molecular flexibility index (Phi) is 1.95. The van der Waals surface area contributed by atoms with Gasteiger partial charge in [0.25, 0.3) is 0 Å². The summed E-state index contributed by atoms with van der Waals surface area (Å²) in [6.45, 7) is 3.82. The molecule has 0 aromatic rings. The van der Waals surface area contributed by atoms with Gasteiger partial charge in [-0.25, -0.2) is 0 Å². The molecular weight excluding hydrogens is 228 g/mol. The fourth-order valence-electron chi connectivity index (χ4n) is 3.65. The number of carbonyl (C=O) groups is 2. The molecule has 0 N–H and O–H groups in total. The van der Waals surface area contributed by atoms with E-state index in [-0.39, 0.29) is 23.9 Å². The monoisotopic (exact) mass is 246 g/mol. The lowest BCUT2D eigenvalue weighted by Gasteiger charge is -2.55. The van der Waals surface area contributed by atoms with Gasteiger partial charge in [-0.15, -0.1) is 0 Å². The number of rotatable bonds is 0. The summed E-state index contributed by atoms with van der Waals surface area (Å²) in [5.74, 6) is 0.185. The summed E-state index contributed by atoms with van der Waals surface area (Å²) in [5.41, 5.74) is -1.29. The Morgan fingerprint density at radius 2 is 1.22 bits per heavy atom. The van der Waals surface area contributed by atoms with Crippen molar-refractivity contribution in [3.8, 4) is 0 Å². The Balaban J connectivity index is 2.30. The molecule has 0 spiro atoms. The summed E-state index contributed by atoms with van der Waals surface area (Å²) >= 11 is 0. The first kappa shape index (κ1) is 11.5. The van der Waals surface area contributed by atoms with E-state index >= 15 is 0 Å². The first-order chi connectivity index (χ1) is 8.32. The molecule has 4 bridgehead atoms. The van der Waals surface area contributed by atoms with Crippen LogP contribution in [0.2, 0.25) is 0 Å². The van der Waals surface area contributed by atoms with E-state index in [4.69, 9.17) is 0 Å². The van der Waals surface area contributed by atoms with Gasteiger partial charge in [0, 0.05) is 14.1 Å². The molecule has 1 fully saturated rings. The molecule has 2 amide bonds. The summed E-state index contributed by atoms with van der Waals surface area (Å²) in [4.78, 5) is 28.6. The van der Waals surface area contributed by atoms with Crippen LogP contribution in [0, 0.1) is 10.8 Å². The molecule has 5 heterocycles. The van der Waals surface area contributed by atoms with Gasteiger partial charge < -0.3 is 9.80 Å². The first-order valence-corrected chi connectivity index (χ1v) is 6.25. The van der Waals surface area contributed by atoms with Gasteiger partial charge in [-0.1, -0.05) is 24.3 Å². The molecule has 6 aliphatic rings. The van der Waals surface area contributed by atoms with Gasteiger partial charge in [-0.05, 0) is 13.8 Å². The van der Waals surface area contributed by atoms with E-state index in [0.717, 1.165) is 0 Å². The highest BCUT2D eigenvalue weighted by molar-refractivity contribution is 5.95. The van der Waals surface area contributed by atoms with Crippen LogP contribution in [-0.4, -0.2) is 47.8 Å². The second kappa shape index (κ2) is 3.05. The maximum absolute atomic E-state index is 12.6. The molecule has 0 saturated carbocycles. The number of likely N-dealkylation sites (N-methyl/N-ethyl adjacent to an activating group) is 2. The van der Waals surface area contributed by atoms with Gasteiger partial charge in [-0.2, -0.15) is 0 Å². The zero-order valence-corrected chi connectivity index (χ0v) is 11.2. The summed E-state index contributed by atoms with van der Waals surface area (Å²) in [7, 11) is 3.59. The van der Waals surface area contributed by atoms with E-state index in [1.54, 1.807) is 23.9 Å². The van der Waals surface area contributed by atoms with E-state index in [2.05, 4.69) is 0 Å². The lowest BCUT2D eigenvalue weighted by molar-refractivity contribution is -0.159. The fraction of sp³-hybridized carbons (Fsp3) is 0.571. The summed E-state index contributed by atoms with van der Waals surface area (Å²) in [6, 6.07) is -0.379. The lowest BCUT2D eigenvalue weighted by atomic mass is 9.65. The SMILES string of the molecule is CN1C(=O)[C@@]2(C)C=C[C@H]1[C@@]1(C)C=C[C@H]2N(C)C1=O. The normalized spacial score (nSPS) is 45.8. The van der Waals surface area contributed by atoms with Gasteiger partial charge in [0.15, 0.2) is 0 Å². The summed E-state index contributed by atoms with van der Waals surface area (Å²) in [6.07, 6.45) is 8.00. The largest absolute Gasteiger partial charge is 0.337 e. The van der Waals surface area contributed by atoms with Crippen LogP contribution >= 0.6 is 0 Å². The third-order valence-electron chi connectivity index (χ3n) is 4.88. The molecule has 5 aliphatic heterocycles. The molecule has 6 rings (SSSR count). The Morgan fingerprint density at radius 3 is 1.56 bits per heavy atom. The van der Waals surface area contributed by atoms with E-state index in [0.29, 0.717) is 0 Å². The topological polar surface area (TPSA) is 40.6 Å². The molecule has 1 saturated heterocycles. The highest BCUT2D eigenvalue weighted by atomic mass is 16.2. The Hall–Kier alpha value is -1.58. The molecule has 96 valence electrons. The van der Waals surface area contributed by atoms with Gasteiger partial charge in [0.2, 0.25) is 11.8 Å². The molecular formula is C14H18N2O2. The predicted molar refractivity (Wildman–Crippen MR) is 67.6 cm³/mol. The standard InChI is InChI=1S/C14H18N2O2/c1-13-7-5-10(16(4)11(13)17)14(2)8-6-9(13)15(3)12(14)18/h5-10H,1-4H3/t9-,10+,13+,14-. The van der Waals surface area contributed by atoms with Crippen LogP contribution in [0.1, 0.15) is 13.8 Å². The quantitative estimate of drug-likeness (QED) is 0.593. The first-order valence-electron chi connectivity index (χ1n) is 6.25. The van der Waals surface area contributed by atoms with Gasteiger partial charge >= 0.3 is 0 Å². The van der Waals surface area contributed by atoms with Crippen LogP contribution < -0.4 is 0 Å². The zero-order valence-electron chi connectivity index (χ0n) is 11.2. The average Bonchev–Trinajstić information content (AvgIpc) is 2.32.